The van der Waals surface area contributed by atoms with Crippen LogP contribution in [0.15, 0.2) is 30.3 Å². The van der Waals surface area contributed by atoms with Gasteiger partial charge in [-0.1, -0.05) is 49.6 Å². The number of nitrogens with zero attached hydrogens (tertiary/aromatic N) is 3. The van der Waals surface area contributed by atoms with Gasteiger partial charge in [-0.05, 0) is 18.4 Å². The molecule has 1 aromatic rings. The Kier molecular flexibility index (Phi) is 6.14. The summed E-state index contributed by atoms with van der Waals surface area (Å²) in [5.41, 5.74) is 0.983. The molecule has 3 rings (SSSR count). The molecule has 0 unspecified atom stereocenters. The van der Waals surface area contributed by atoms with Gasteiger partial charge in [0.1, 0.15) is 12.6 Å². The Morgan fingerprint density at radius 1 is 1.11 bits per heavy atom. The van der Waals surface area contributed by atoms with Crippen molar-refractivity contribution in [1.82, 2.24) is 14.7 Å². The highest BCUT2D eigenvalue weighted by atomic mass is 16.2. The molecule has 0 radical (unpaired) electrons. The quantitative estimate of drug-likeness (QED) is 0.791. The highest BCUT2D eigenvalue weighted by molar-refractivity contribution is 5.97. The molecule has 1 aromatic carbocycles. The standard InChI is InChI=1S/C21H29N3O3/c1-22-14-20(26)24(15-19(25)23(2)17-11-7-4-8-12-17)18(21(22)27)13-16-9-5-3-6-10-16/h3,5-6,9-10,17-18H,4,7-8,11-15H2,1-2H3/t18-/m1/s1. The van der Waals surface area contributed by atoms with Gasteiger partial charge in [0.2, 0.25) is 17.7 Å². The van der Waals surface area contributed by atoms with E-state index in [2.05, 4.69) is 0 Å². The summed E-state index contributed by atoms with van der Waals surface area (Å²) >= 11 is 0. The number of benzene rings is 1. The van der Waals surface area contributed by atoms with Crippen molar-refractivity contribution in [1.29, 1.82) is 0 Å². The van der Waals surface area contributed by atoms with Gasteiger partial charge < -0.3 is 14.7 Å². The van der Waals surface area contributed by atoms with Crippen LogP contribution in [0.25, 0.3) is 0 Å². The van der Waals surface area contributed by atoms with Gasteiger partial charge in [-0.15, -0.1) is 0 Å². The minimum atomic E-state index is -0.623. The summed E-state index contributed by atoms with van der Waals surface area (Å²) in [6.45, 7) is 0.00740. The maximum atomic E-state index is 12.8. The molecule has 27 heavy (non-hydrogen) atoms. The number of carbonyl (C=O) groups is 3. The van der Waals surface area contributed by atoms with Gasteiger partial charge in [0.15, 0.2) is 0 Å². The Hall–Kier alpha value is -2.37. The third-order valence-corrected chi connectivity index (χ3v) is 5.82. The van der Waals surface area contributed by atoms with E-state index in [9.17, 15) is 14.4 Å². The predicted molar refractivity (Wildman–Crippen MR) is 103 cm³/mol. The molecule has 0 bridgehead atoms. The summed E-state index contributed by atoms with van der Waals surface area (Å²) in [5, 5.41) is 0. The molecule has 3 amide bonds. The molecule has 1 aliphatic carbocycles. The van der Waals surface area contributed by atoms with Crippen molar-refractivity contribution in [2.75, 3.05) is 27.2 Å². The lowest BCUT2D eigenvalue weighted by atomic mass is 9.94. The van der Waals surface area contributed by atoms with E-state index in [4.69, 9.17) is 0 Å². The van der Waals surface area contributed by atoms with Crippen molar-refractivity contribution >= 4 is 17.7 Å². The first kappa shape index (κ1) is 19.4. The molecule has 2 fully saturated rings. The van der Waals surface area contributed by atoms with Gasteiger partial charge in [0.25, 0.3) is 0 Å². The van der Waals surface area contributed by atoms with Crippen LogP contribution in [0.3, 0.4) is 0 Å². The third-order valence-electron chi connectivity index (χ3n) is 5.82. The SMILES string of the molecule is CN1CC(=O)N(CC(=O)N(C)C2CCCCC2)[C@H](Cc2ccccc2)C1=O. The van der Waals surface area contributed by atoms with E-state index in [1.807, 2.05) is 37.4 Å². The molecule has 2 aliphatic rings. The van der Waals surface area contributed by atoms with Gasteiger partial charge >= 0.3 is 0 Å². The second kappa shape index (κ2) is 8.55. The number of amides is 3. The van der Waals surface area contributed by atoms with E-state index in [0.29, 0.717) is 6.42 Å². The summed E-state index contributed by atoms with van der Waals surface area (Å²) in [5.74, 6) is -0.347. The van der Waals surface area contributed by atoms with E-state index in [0.717, 1.165) is 31.2 Å². The molecule has 0 aromatic heterocycles. The number of carbonyl (C=O) groups excluding carboxylic acids is 3. The Morgan fingerprint density at radius 2 is 1.78 bits per heavy atom. The van der Waals surface area contributed by atoms with Crippen LogP contribution in [0.2, 0.25) is 0 Å². The molecule has 1 saturated carbocycles. The van der Waals surface area contributed by atoms with Crippen LogP contribution in [0.5, 0.6) is 0 Å². The Bertz CT molecular complexity index is 685. The zero-order valence-corrected chi connectivity index (χ0v) is 16.3. The van der Waals surface area contributed by atoms with E-state index in [1.165, 1.54) is 16.2 Å². The van der Waals surface area contributed by atoms with Crippen molar-refractivity contribution in [3.05, 3.63) is 35.9 Å². The molecule has 1 heterocycles. The van der Waals surface area contributed by atoms with Gasteiger partial charge in [-0.2, -0.15) is 0 Å². The van der Waals surface area contributed by atoms with Crippen LogP contribution in [0.4, 0.5) is 0 Å². The van der Waals surface area contributed by atoms with Gasteiger partial charge in [-0.25, -0.2) is 0 Å². The summed E-state index contributed by atoms with van der Waals surface area (Å²) in [6.07, 6.45) is 5.98. The molecule has 0 N–H and O–H groups in total. The molecule has 1 atom stereocenters. The van der Waals surface area contributed by atoms with E-state index in [-0.39, 0.29) is 36.9 Å². The number of hydrogen-bond acceptors (Lipinski definition) is 3. The summed E-state index contributed by atoms with van der Waals surface area (Å²) in [7, 11) is 3.47. The highest BCUT2D eigenvalue weighted by Gasteiger charge is 2.39. The fraction of sp³-hybridized carbons (Fsp3) is 0.571. The lowest BCUT2D eigenvalue weighted by molar-refractivity contribution is -0.157. The summed E-state index contributed by atoms with van der Waals surface area (Å²) in [6, 6.07) is 9.27. The topological polar surface area (TPSA) is 60.9 Å². The summed E-state index contributed by atoms with van der Waals surface area (Å²) < 4.78 is 0. The third kappa shape index (κ3) is 4.49. The van der Waals surface area contributed by atoms with E-state index >= 15 is 0 Å². The minimum Gasteiger partial charge on any atom is -0.341 e. The molecular weight excluding hydrogens is 342 g/mol. The zero-order valence-electron chi connectivity index (χ0n) is 16.3. The van der Waals surface area contributed by atoms with E-state index in [1.54, 1.807) is 11.9 Å². The predicted octanol–water partition coefficient (Wildman–Crippen LogP) is 1.69. The molecule has 1 aliphatic heterocycles. The second-order valence-electron chi connectivity index (χ2n) is 7.72. The lowest BCUT2D eigenvalue weighted by Gasteiger charge is -2.40. The van der Waals surface area contributed by atoms with E-state index < -0.39 is 6.04 Å². The molecule has 6 nitrogen and oxygen atoms in total. The van der Waals surface area contributed by atoms with Gasteiger partial charge in [0.05, 0.1) is 6.54 Å². The van der Waals surface area contributed by atoms with Crippen LogP contribution in [0, 0.1) is 0 Å². The fourth-order valence-corrected chi connectivity index (χ4v) is 4.10. The van der Waals surface area contributed by atoms with Crippen molar-refractivity contribution < 1.29 is 14.4 Å². The van der Waals surface area contributed by atoms with Gasteiger partial charge in [-0.3, -0.25) is 14.4 Å². The van der Waals surface area contributed by atoms with Crippen LogP contribution < -0.4 is 0 Å². The van der Waals surface area contributed by atoms with Crippen molar-refractivity contribution in [2.24, 2.45) is 0 Å². The first-order valence-electron chi connectivity index (χ1n) is 9.81. The molecular formula is C21H29N3O3. The number of likely N-dealkylation sites (N-methyl/N-ethyl adjacent to an activating group) is 2. The van der Waals surface area contributed by atoms with Crippen LogP contribution in [-0.2, 0) is 20.8 Å². The Labute approximate surface area is 161 Å². The maximum absolute atomic E-state index is 12.8. The first-order valence-corrected chi connectivity index (χ1v) is 9.81. The average molecular weight is 371 g/mol. The largest absolute Gasteiger partial charge is 0.341 e. The number of piperazine rings is 1. The Balaban J connectivity index is 1.73. The van der Waals surface area contributed by atoms with Crippen LogP contribution in [0.1, 0.15) is 37.7 Å². The fourth-order valence-electron chi connectivity index (χ4n) is 4.10. The molecule has 146 valence electrons. The van der Waals surface area contributed by atoms with Crippen molar-refractivity contribution in [2.45, 2.75) is 50.6 Å². The number of rotatable bonds is 5. The molecule has 0 spiro atoms. The monoisotopic (exact) mass is 371 g/mol. The lowest BCUT2D eigenvalue weighted by Crippen LogP contribution is -2.61. The normalized spacial score (nSPS) is 21.5. The van der Waals surface area contributed by atoms with Crippen molar-refractivity contribution in [3.63, 3.8) is 0 Å². The Morgan fingerprint density at radius 3 is 2.44 bits per heavy atom. The van der Waals surface area contributed by atoms with Gasteiger partial charge in [0, 0.05) is 26.6 Å². The average Bonchev–Trinajstić information content (AvgIpc) is 2.69. The highest BCUT2D eigenvalue weighted by Crippen LogP contribution is 2.23. The molecule has 1 saturated heterocycles. The van der Waals surface area contributed by atoms with Crippen LogP contribution in [-0.4, -0.2) is 71.7 Å². The summed E-state index contributed by atoms with van der Waals surface area (Å²) in [4.78, 5) is 43.0. The van der Waals surface area contributed by atoms with Crippen molar-refractivity contribution in [3.8, 4) is 0 Å². The minimum absolute atomic E-state index is 0.0249. The van der Waals surface area contributed by atoms with Crippen LogP contribution >= 0.6 is 0 Å². The smallest absolute Gasteiger partial charge is 0.245 e. The first-order chi connectivity index (χ1) is 13.0. The maximum Gasteiger partial charge on any atom is 0.245 e. The number of hydrogen-bond donors (Lipinski definition) is 0. The zero-order chi connectivity index (χ0) is 19.4. The molecule has 6 heteroatoms. The second-order valence-corrected chi connectivity index (χ2v) is 7.72.